The minimum atomic E-state index is 0.325. The number of hydrogen-bond acceptors (Lipinski definition) is 2. The van der Waals surface area contributed by atoms with Gasteiger partial charge in [-0.25, -0.2) is 4.68 Å². The van der Waals surface area contributed by atoms with Gasteiger partial charge in [0.05, 0.1) is 12.1 Å². The Morgan fingerprint density at radius 3 is 2.12 bits per heavy atom. The Morgan fingerprint density at radius 2 is 1.60 bits per heavy atom. The summed E-state index contributed by atoms with van der Waals surface area (Å²) < 4.78 is 1.84. The molecule has 4 nitrogen and oxygen atoms in total. The first-order valence-electron chi connectivity index (χ1n) is 9.71. The summed E-state index contributed by atoms with van der Waals surface area (Å²) in [6.07, 6.45) is 14.1. The van der Waals surface area contributed by atoms with Crippen molar-refractivity contribution in [3.05, 3.63) is 48.3 Å². The highest BCUT2D eigenvalue weighted by Crippen LogP contribution is 2.32. The number of carbonyl (C=O) groups excluding carboxylic acids is 1. The van der Waals surface area contributed by atoms with Crippen LogP contribution in [-0.2, 0) is 11.2 Å². The van der Waals surface area contributed by atoms with Crippen molar-refractivity contribution in [3.8, 4) is 5.69 Å². The normalized spacial score (nSPS) is 18.7. The topological polar surface area (TPSA) is 38.1 Å². The van der Waals surface area contributed by atoms with Gasteiger partial charge in [-0.2, -0.15) is 5.10 Å². The highest BCUT2D eigenvalue weighted by Gasteiger charge is 2.33. The lowest BCUT2D eigenvalue weighted by atomic mass is 10.1. The molecule has 0 aliphatic heterocycles. The van der Waals surface area contributed by atoms with Gasteiger partial charge in [-0.15, -0.1) is 0 Å². The van der Waals surface area contributed by atoms with Gasteiger partial charge in [-0.3, -0.25) is 4.79 Å². The van der Waals surface area contributed by atoms with Gasteiger partial charge >= 0.3 is 0 Å². The third kappa shape index (κ3) is 3.63. The van der Waals surface area contributed by atoms with E-state index in [1.807, 2.05) is 29.1 Å². The number of amides is 1. The van der Waals surface area contributed by atoms with Gasteiger partial charge in [-0.05, 0) is 49.4 Å². The summed E-state index contributed by atoms with van der Waals surface area (Å²) in [7, 11) is 0. The van der Waals surface area contributed by atoms with Crippen LogP contribution in [0.2, 0.25) is 0 Å². The second kappa shape index (κ2) is 7.42. The minimum Gasteiger partial charge on any atom is -0.336 e. The summed E-state index contributed by atoms with van der Waals surface area (Å²) in [5.74, 6) is 0.325. The Morgan fingerprint density at radius 1 is 1.00 bits per heavy atom. The van der Waals surface area contributed by atoms with E-state index in [0.717, 1.165) is 11.3 Å². The van der Waals surface area contributed by atoms with E-state index in [1.54, 1.807) is 6.20 Å². The Labute approximate surface area is 149 Å². The lowest BCUT2D eigenvalue weighted by Crippen LogP contribution is -2.45. The second-order valence-electron chi connectivity index (χ2n) is 7.47. The summed E-state index contributed by atoms with van der Waals surface area (Å²) in [4.78, 5) is 15.4. The molecule has 0 atom stereocenters. The van der Waals surface area contributed by atoms with E-state index in [2.05, 4.69) is 22.1 Å². The summed E-state index contributed by atoms with van der Waals surface area (Å²) in [5.41, 5.74) is 2.13. The number of benzene rings is 1. The van der Waals surface area contributed by atoms with Crippen molar-refractivity contribution in [1.29, 1.82) is 0 Å². The molecular formula is C21H27N3O. The largest absolute Gasteiger partial charge is 0.336 e. The molecule has 1 heterocycles. The molecule has 2 aliphatic carbocycles. The first-order chi connectivity index (χ1) is 12.3. The molecule has 0 saturated heterocycles. The van der Waals surface area contributed by atoms with E-state index in [4.69, 9.17) is 0 Å². The fourth-order valence-corrected chi connectivity index (χ4v) is 4.52. The van der Waals surface area contributed by atoms with Crippen LogP contribution in [0, 0.1) is 0 Å². The van der Waals surface area contributed by atoms with Crippen molar-refractivity contribution in [3.63, 3.8) is 0 Å². The van der Waals surface area contributed by atoms with E-state index in [1.165, 1.54) is 51.4 Å². The van der Waals surface area contributed by atoms with Crippen LogP contribution in [0.3, 0.4) is 0 Å². The van der Waals surface area contributed by atoms with Crippen LogP contribution < -0.4 is 0 Å². The van der Waals surface area contributed by atoms with E-state index in [9.17, 15) is 4.79 Å². The summed E-state index contributed by atoms with van der Waals surface area (Å²) in [5, 5.41) is 4.25. The number of aromatic nitrogens is 2. The van der Waals surface area contributed by atoms with Crippen LogP contribution in [0.15, 0.2) is 42.7 Å². The molecule has 0 unspecified atom stereocenters. The molecule has 1 amide bonds. The molecule has 2 aliphatic rings. The van der Waals surface area contributed by atoms with Gasteiger partial charge in [0.2, 0.25) is 5.91 Å². The predicted octanol–water partition coefficient (Wildman–Crippen LogP) is 4.13. The molecule has 25 heavy (non-hydrogen) atoms. The molecular weight excluding hydrogens is 310 g/mol. The Hall–Kier alpha value is -2.10. The third-order valence-electron chi connectivity index (χ3n) is 5.78. The van der Waals surface area contributed by atoms with Crippen LogP contribution in [0.25, 0.3) is 5.69 Å². The smallest absolute Gasteiger partial charge is 0.227 e. The first kappa shape index (κ1) is 16.4. The van der Waals surface area contributed by atoms with Crippen LogP contribution in [0.4, 0.5) is 0 Å². The lowest BCUT2D eigenvalue weighted by Gasteiger charge is -2.35. The molecule has 2 aromatic rings. The van der Waals surface area contributed by atoms with Crippen molar-refractivity contribution in [1.82, 2.24) is 14.7 Å². The lowest BCUT2D eigenvalue weighted by molar-refractivity contribution is -0.135. The van der Waals surface area contributed by atoms with E-state index in [0.29, 0.717) is 24.4 Å². The standard InChI is InChI=1S/C21H27N3O/c25-21(24(19-6-1-2-7-19)20-8-3-4-9-20)16-17-10-12-18(13-11-17)23-15-5-14-22-23/h5,10-15,19-20H,1-4,6-9,16H2. The molecule has 4 heteroatoms. The zero-order valence-corrected chi connectivity index (χ0v) is 14.8. The zero-order valence-electron chi connectivity index (χ0n) is 14.8. The van der Waals surface area contributed by atoms with Crippen molar-refractivity contribution in [2.24, 2.45) is 0 Å². The molecule has 0 N–H and O–H groups in total. The summed E-state index contributed by atoms with van der Waals surface area (Å²) in [6, 6.07) is 11.1. The highest BCUT2D eigenvalue weighted by molar-refractivity contribution is 5.79. The van der Waals surface area contributed by atoms with Gasteiger partial charge in [0.25, 0.3) is 0 Å². The fraction of sp³-hybridized carbons (Fsp3) is 0.524. The SMILES string of the molecule is O=C(Cc1ccc(-n2cccn2)cc1)N(C1CCCC1)C1CCCC1. The zero-order chi connectivity index (χ0) is 17.1. The maximum atomic E-state index is 13.1. The molecule has 0 bridgehead atoms. The molecule has 0 radical (unpaired) electrons. The first-order valence-corrected chi connectivity index (χ1v) is 9.71. The van der Waals surface area contributed by atoms with Gasteiger partial charge in [0.15, 0.2) is 0 Å². The predicted molar refractivity (Wildman–Crippen MR) is 98.6 cm³/mol. The minimum absolute atomic E-state index is 0.325. The van der Waals surface area contributed by atoms with Crippen molar-refractivity contribution in [2.75, 3.05) is 0 Å². The molecule has 2 saturated carbocycles. The molecule has 1 aromatic heterocycles. The van der Waals surface area contributed by atoms with Gasteiger partial charge in [0, 0.05) is 24.5 Å². The number of carbonyl (C=O) groups is 1. The molecule has 132 valence electrons. The van der Waals surface area contributed by atoms with Crippen LogP contribution in [0.1, 0.15) is 56.9 Å². The Kier molecular flexibility index (Phi) is 4.86. The number of nitrogens with zero attached hydrogens (tertiary/aromatic N) is 3. The molecule has 0 spiro atoms. The average Bonchev–Trinajstić information content (AvgIpc) is 3.40. The van der Waals surface area contributed by atoms with Gasteiger partial charge < -0.3 is 4.90 Å². The second-order valence-corrected chi connectivity index (χ2v) is 7.47. The van der Waals surface area contributed by atoms with E-state index in [-0.39, 0.29) is 0 Å². The van der Waals surface area contributed by atoms with Crippen molar-refractivity contribution < 1.29 is 4.79 Å². The third-order valence-corrected chi connectivity index (χ3v) is 5.78. The maximum Gasteiger partial charge on any atom is 0.227 e. The average molecular weight is 337 g/mol. The van der Waals surface area contributed by atoms with E-state index >= 15 is 0 Å². The fourth-order valence-electron chi connectivity index (χ4n) is 4.52. The van der Waals surface area contributed by atoms with Gasteiger partial charge in [0.1, 0.15) is 0 Å². The monoisotopic (exact) mass is 337 g/mol. The highest BCUT2D eigenvalue weighted by atomic mass is 16.2. The quantitative estimate of drug-likeness (QED) is 0.823. The van der Waals surface area contributed by atoms with Crippen molar-refractivity contribution in [2.45, 2.75) is 69.9 Å². The van der Waals surface area contributed by atoms with Crippen LogP contribution in [0.5, 0.6) is 0 Å². The number of rotatable bonds is 5. The maximum absolute atomic E-state index is 13.1. The van der Waals surface area contributed by atoms with Gasteiger partial charge in [-0.1, -0.05) is 37.8 Å². The Bertz CT molecular complexity index is 664. The molecule has 1 aromatic carbocycles. The summed E-state index contributed by atoms with van der Waals surface area (Å²) >= 11 is 0. The number of hydrogen-bond donors (Lipinski definition) is 0. The van der Waals surface area contributed by atoms with Crippen LogP contribution >= 0.6 is 0 Å². The Balaban J connectivity index is 1.46. The van der Waals surface area contributed by atoms with Crippen LogP contribution in [-0.4, -0.2) is 32.7 Å². The summed E-state index contributed by atoms with van der Waals surface area (Å²) in [6.45, 7) is 0. The molecule has 2 fully saturated rings. The van der Waals surface area contributed by atoms with E-state index < -0.39 is 0 Å². The molecule has 4 rings (SSSR count). The van der Waals surface area contributed by atoms with Crippen molar-refractivity contribution >= 4 is 5.91 Å².